The van der Waals surface area contributed by atoms with Crippen molar-refractivity contribution in [1.82, 2.24) is 10.2 Å². The maximum atomic E-state index is 8.86. The SMILES string of the molecule is CCNCCCN(CCCO)C1CCC1. The van der Waals surface area contributed by atoms with E-state index in [0.29, 0.717) is 6.61 Å². The molecule has 0 aromatic carbocycles. The standard InChI is InChI=1S/C12H26N2O/c1-2-13-8-4-9-14(10-5-11-15)12-6-3-7-12/h12-13,15H,2-11H2,1H3. The van der Waals surface area contributed by atoms with Gasteiger partial charge in [0, 0.05) is 19.2 Å². The Morgan fingerprint density at radius 2 is 2.00 bits per heavy atom. The summed E-state index contributed by atoms with van der Waals surface area (Å²) in [5, 5.41) is 12.2. The van der Waals surface area contributed by atoms with Gasteiger partial charge in [-0.15, -0.1) is 0 Å². The van der Waals surface area contributed by atoms with E-state index < -0.39 is 0 Å². The molecule has 0 unspecified atom stereocenters. The van der Waals surface area contributed by atoms with Crippen LogP contribution in [0.1, 0.15) is 39.0 Å². The van der Waals surface area contributed by atoms with E-state index in [4.69, 9.17) is 5.11 Å². The van der Waals surface area contributed by atoms with Gasteiger partial charge in [-0.05, 0) is 45.3 Å². The lowest BCUT2D eigenvalue weighted by atomic mass is 9.91. The molecule has 0 aliphatic heterocycles. The molecular weight excluding hydrogens is 188 g/mol. The molecule has 1 saturated carbocycles. The second-order valence-corrected chi connectivity index (χ2v) is 4.40. The highest BCUT2D eigenvalue weighted by molar-refractivity contribution is 4.80. The van der Waals surface area contributed by atoms with Crippen LogP contribution in [0.3, 0.4) is 0 Å². The Bertz CT molecular complexity index is 149. The molecule has 0 spiro atoms. The average Bonchev–Trinajstić information content (AvgIpc) is 2.17. The molecule has 1 fully saturated rings. The monoisotopic (exact) mass is 214 g/mol. The molecule has 0 heterocycles. The van der Waals surface area contributed by atoms with Crippen LogP contribution in [0.15, 0.2) is 0 Å². The zero-order chi connectivity index (χ0) is 10.9. The number of nitrogens with zero attached hydrogens (tertiary/aromatic N) is 1. The largest absolute Gasteiger partial charge is 0.396 e. The van der Waals surface area contributed by atoms with Gasteiger partial charge in [-0.1, -0.05) is 13.3 Å². The molecule has 0 amide bonds. The van der Waals surface area contributed by atoms with E-state index >= 15 is 0 Å². The van der Waals surface area contributed by atoms with Crippen LogP contribution < -0.4 is 5.32 Å². The van der Waals surface area contributed by atoms with Gasteiger partial charge in [-0.25, -0.2) is 0 Å². The van der Waals surface area contributed by atoms with Crippen molar-refractivity contribution >= 4 is 0 Å². The third kappa shape index (κ3) is 4.96. The molecule has 1 aliphatic rings. The van der Waals surface area contributed by atoms with Crippen molar-refractivity contribution < 1.29 is 5.11 Å². The fraction of sp³-hybridized carbons (Fsp3) is 1.00. The fourth-order valence-corrected chi connectivity index (χ4v) is 2.09. The molecule has 3 heteroatoms. The highest BCUT2D eigenvalue weighted by Crippen LogP contribution is 2.24. The van der Waals surface area contributed by atoms with Gasteiger partial charge < -0.3 is 15.3 Å². The Morgan fingerprint density at radius 1 is 1.27 bits per heavy atom. The van der Waals surface area contributed by atoms with Crippen LogP contribution in [0.5, 0.6) is 0 Å². The zero-order valence-electron chi connectivity index (χ0n) is 10.0. The second kappa shape index (κ2) is 8.08. The predicted molar refractivity (Wildman–Crippen MR) is 64.1 cm³/mol. The van der Waals surface area contributed by atoms with E-state index in [-0.39, 0.29) is 0 Å². The molecule has 0 aromatic heterocycles. The molecule has 0 aromatic rings. The minimum atomic E-state index is 0.330. The van der Waals surface area contributed by atoms with Crippen LogP contribution in [0, 0.1) is 0 Å². The summed E-state index contributed by atoms with van der Waals surface area (Å²) in [7, 11) is 0. The van der Waals surface area contributed by atoms with Crippen LogP contribution in [0.2, 0.25) is 0 Å². The smallest absolute Gasteiger partial charge is 0.0443 e. The number of nitrogens with one attached hydrogen (secondary N) is 1. The first-order valence-electron chi connectivity index (χ1n) is 6.44. The van der Waals surface area contributed by atoms with Gasteiger partial charge in [0.25, 0.3) is 0 Å². The Morgan fingerprint density at radius 3 is 2.53 bits per heavy atom. The maximum absolute atomic E-state index is 8.86. The van der Waals surface area contributed by atoms with Gasteiger partial charge in [-0.2, -0.15) is 0 Å². The summed E-state index contributed by atoms with van der Waals surface area (Å²) in [6, 6.07) is 0.818. The lowest BCUT2D eigenvalue weighted by Gasteiger charge is -2.37. The quantitative estimate of drug-likeness (QED) is 0.567. The van der Waals surface area contributed by atoms with Gasteiger partial charge >= 0.3 is 0 Å². The Balaban J connectivity index is 2.10. The average molecular weight is 214 g/mol. The molecule has 15 heavy (non-hydrogen) atoms. The lowest BCUT2D eigenvalue weighted by Crippen LogP contribution is -2.42. The van der Waals surface area contributed by atoms with Crippen molar-refractivity contribution in [3.05, 3.63) is 0 Å². The number of rotatable bonds is 9. The van der Waals surface area contributed by atoms with Gasteiger partial charge in [0.05, 0.1) is 0 Å². The highest BCUT2D eigenvalue weighted by Gasteiger charge is 2.23. The fourth-order valence-electron chi connectivity index (χ4n) is 2.09. The molecule has 0 bridgehead atoms. The summed E-state index contributed by atoms with van der Waals surface area (Å²) in [4.78, 5) is 2.57. The summed E-state index contributed by atoms with van der Waals surface area (Å²) in [5.41, 5.74) is 0. The zero-order valence-corrected chi connectivity index (χ0v) is 10.0. The summed E-state index contributed by atoms with van der Waals surface area (Å²) >= 11 is 0. The van der Waals surface area contributed by atoms with Gasteiger partial charge in [0.2, 0.25) is 0 Å². The molecule has 2 N–H and O–H groups in total. The number of hydrogen-bond acceptors (Lipinski definition) is 3. The van der Waals surface area contributed by atoms with Crippen LogP contribution >= 0.6 is 0 Å². The normalized spacial score (nSPS) is 17.0. The van der Waals surface area contributed by atoms with Crippen molar-refractivity contribution in [2.24, 2.45) is 0 Å². The minimum Gasteiger partial charge on any atom is -0.396 e. The molecule has 0 radical (unpaired) electrons. The number of aliphatic hydroxyl groups excluding tert-OH is 1. The van der Waals surface area contributed by atoms with E-state index in [1.165, 1.54) is 32.2 Å². The van der Waals surface area contributed by atoms with Gasteiger partial charge in [0.15, 0.2) is 0 Å². The van der Waals surface area contributed by atoms with Crippen molar-refractivity contribution in [1.29, 1.82) is 0 Å². The molecular formula is C12H26N2O. The third-order valence-corrected chi connectivity index (χ3v) is 3.24. The summed E-state index contributed by atoms with van der Waals surface area (Å²) in [5.74, 6) is 0. The minimum absolute atomic E-state index is 0.330. The topological polar surface area (TPSA) is 35.5 Å². The molecule has 90 valence electrons. The van der Waals surface area contributed by atoms with E-state index in [1.807, 2.05) is 0 Å². The van der Waals surface area contributed by atoms with Gasteiger partial charge in [-0.3, -0.25) is 0 Å². The van der Waals surface area contributed by atoms with Crippen molar-refractivity contribution in [3.8, 4) is 0 Å². The molecule has 0 saturated heterocycles. The number of hydrogen-bond donors (Lipinski definition) is 2. The summed E-state index contributed by atoms with van der Waals surface area (Å²) in [6.07, 6.45) is 6.29. The highest BCUT2D eigenvalue weighted by atomic mass is 16.3. The van der Waals surface area contributed by atoms with Crippen LogP contribution in [0.25, 0.3) is 0 Å². The van der Waals surface area contributed by atoms with Crippen molar-refractivity contribution in [3.63, 3.8) is 0 Å². The van der Waals surface area contributed by atoms with E-state index in [1.54, 1.807) is 0 Å². The first-order chi connectivity index (χ1) is 7.38. The van der Waals surface area contributed by atoms with Gasteiger partial charge in [0.1, 0.15) is 0 Å². The lowest BCUT2D eigenvalue weighted by molar-refractivity contribution is 0.115. The van der Waals surface area contributed by atoms with Crippen molar-refractivity contribution in [2.45, 2.75) is 45.1 Å². The van der Waals surface area contributed by atoms with E-state index in [9.17, 15) is 0 Å². The molecule has 1 aliphatic carbocycles. The number of aliphatic hydroxyl groups is 1. The van der Waals surface area contributed by atoms with Crippen LogP contribution in [0.4, 0.5) is 0 Å². The van der Waals surface area contributed by atoms with E-state index in [2.05, 4.69) is 17.1 Å². The molecule has 3 nitrogen and oxygen atoms in total. The summed E-state index contributed by atoms with van der Waals surface area (Å²) in [6.45, 7) is 6.94. The van der Waals surface area contributed by atoms with Crippen LogP contribution in [-0.4, -0.2) is 48.8 Å². The Kier molecular flexibility index (Phi) is 6.98. The van der Waals surface area contributed by atoms with E-state index in [0.717, 1.165) is 32.1 Å². The predicted octanol–water partition coefficient (Wildman–Crippen LogP) is 1.22. The third-order valence-electron chi connectivity index (χ3n) is 3.24. The Labute approximate surface area is 93.9 Å². The first-order valence-corrected chi connectivity index (χ1v) is 6.44. The van der Waals surface area contributed by atoms with Crippen molar-refractivity contribution in [2.75, 3.05) is 32.8 Å². The Hall–Kier alpha value is -0.120. The summed E-state index contributed by atoms with van der Waals surface area (Å²) < 4.78 is 0. The second-order valence-electron chi connectivity index (χ2n) is 4.40. The molecule has 0 atom stereocenters. The van der Waals surface area contributed by atoms with Crippen LogP contribution in [-0.2, 0) is 0 Å². The first kappa shape index (κ1) is 12.9. The maximum Gasteiger partial charge on any atom is 0.0443 e. The molecule has 1 rings (SSSR count).